The molecule has 2 saturated heterocycles. The van der Waals surface area contributed by atoms with Crippen molar-refractivity contribution < 1.29 is 21.6 Å². The number of alkyl halides is 3. The molecule has 3 aromatic rings. The molecule has 162 valence electrons. The highest BCUT2D eigenvalue weighted by molar-refractivity contribution is 7.89. The standard InChI is InChI=1S/C18H21F3N6O2S/c19-18(20,21)5-9-30(28,29)26-7-1-2-13-14(26)4-8-25(13)17-24-11-12-10-23-16-15(27(12)17)3-6-22-16/h3,6,10-11,13-14,22H,1-2,4-5,7-9H2. The normalized spacial score (nSPS) is 23.5. The second-order valence-electron chi connectivity index (χ2n) is 7.84. The van der Waals surface area contributed by atoms with Crippen LogP contribution >= 0.6 is 0 Å². The molecule has 2 fully saturated rings. The summed E-state index contributed by atoms with van der Waals surface area (Å²) in [6.45, 7) is 0.859. The second kappa shape index (κ2) is 6.84. The molecule has 0 amide bonds. The average Bonchev–Trinajstić information content (AvgIpc) is 3.41. The third kappa shape index (κ3) is 3.22. The minimum atomic E-state index is -4.49. The van der Waals surface area contributed by atoms with E-state index >= 15 is 0 Å². The minimum absolute atomic E-state index is 0.118. The third-order valence-electron chi connectivity index (χ3n) is 6.06. The molecule has 30 heavy (non-hydrogen) atoms. The number of fused-ring (bicyclic) bond motifs is 4. The van der Waals surface area contributed by atoms with Crippen LogP contribution in [0.2, 0.25) is 0 Å². The molecule has 8 nitrogen and oxygen atoms in total. The van der Waals surface area contributed by atoms with Gasteiger partial charge in [0.15, 0.2) is 5.65 Å². The van der Waals surface area contributed by atoms with Crippen molar-refractivity contribution in [2.24, 2.45) is 0 Å². The Labute approximate surface area is 170 Å². The summed E-state index contributed by atoms with van der Waals surface area (Å²) in [6.07, 6.45) is 1.36. The van der Waals surface area contributed by atoms with Crippen molar-refractivity contribution in [2.45, 2.75) is 43.9 Å². The van der Waals surface area contributed by atoms with Gasteiger partial charge in [-0.3, -0.25) is 4.40 Å². The summed E-state index contributed by atoms with van der Waals surface area (Å²) in [6, 6.07) is 1.45. The number of anilines is 1. The first-order chi connectivity index (χ1) is 14.2. The first-order valence-corrected chi connectivity index (χ1v) is 11.5. The maximum absolute atomic E-state index is 12.7. The summed E-state index contributed by atoms with van der Waals surface area (Å²) in [5, 5.41) is 0. The highest BCUT2D eigenvalue weighted by atomic mass is 32.2. The van der Waals surface area contributed by atoms with Gasteiger partial charge in [-0.1, -0.05) is 0 Å². The van der Waals surface area contributed by atoms with Crippen molar-refractivity contribution in [2.75, 3.05) is 23.7 Å². The Balaban J connectivity index is 1.46. The predicted molar refractivity (Wildman–Crippen MR) is 105 cm³/mol. The number of halogens is 3. The van der Waals surface area contributed by atoms with E-state index in [4.69, 9.17) is 0 Å². The number of rotatable bonds is 4. The molecule has 2 atom stereocenters. The Kier molecular flexibility index (Phi) is 4.47. The van der Waals surface area contributed by atoms with Crippen LogP contribution < -0.4 is 4.90 Å². The lowest BCUT2D eigenvalue weighted by Crippen LogP contribution is -2.52. The predicted octanol–water partition coefficient (Wildman–Crippen LogP) is 2.54. The third-order valence-corrected chi connectivity index (χ3v) is 7.95. The highest BCUT2D eigenvalue weighted by Gasteiger charge is 2.46. The number of sulfonamides is 1. The van der Waals surface area contributed by atoms with Crippen molar-refractivity contribution >= 4 is 32.7 Å². The minimum Gasteiger partial charge on any atom is -0.345 e. The quantitative estimate of drug-likeness (QED) is 0.671. The van der Waals surface area contributed by atoms with Crippen LogP contribution in [0.3, 0.4) is 0 Å². The summed E-state index contributed by atoms with van der Waals surface area (Å²) in [4.78, 5) is 14.1. The van der Waals surface area contributed by atoms with Crippen molar-refractivity contribution in [3.8, 4) is 0 Å². The smallest absolute Gasteiger partial charge is 0.345 e. The van der Waals surface area contributed by atoms with Gasteiger partial charge in [0.2, 0.25) is 16.0 Å². The van der Waals surface area contributed by atoms with Crippen molar-refractivity contribution in [1.29, 1.82) is 0 Å². The lowest BCUT2D eigenvalue weighted by Gasteiger charge is -2.39. The number of imidazole rings is 1. The molecule has 0 aromatic carbocycles. The molecule has 2 aliphatic heterocycles. The number of hydrogen-bond donors (Lipinski definition) is 1. The maximum atomic E-state index is 12.7. The van der Waals surface area contributed by atoms with E-state index in [1.807, 2.05) is 10.5 Å². The van der Waals surface area contributed by atoms with Gasteiger partial charge in [0.05, 0.1) is 35.6 Å². The molecule has 3 aromatic heterocycles. The van der Waals surface area contributed by atoms with Crippen LogP contribution in [0, 0.1) is 0 Å². The summed E-state index contributed by atoms with van der Waals surface area (Å²) < 4.78 is 66.5. The van der Waals surface area contributed by atoms with E-state index in [0.717, 1.165) is 23.1 Å². The largest absolute Gasteiger partial charge is 0.390 e. The van der Waals surface area contributed by atoms with E-state index < -0.39 is 28.4 Å². The monoisotopic (exact) mass is 442 g/mol. The van der Waals surface area contributed by atoms with Crippen LogP contribution in [0.15, 0.2) is 24.7 Å². The zero-order valence-corrected chi connectivity index (χ0v) is 16.8. The first kappa shape index (κ1) is 19.6. The van der Waals surface area contributed by atoms with Gasteiger partial charge in [0.1, 0.15) is 0 Å². The van der Waals surface area contributed by atoms with E-state index in [1.165, 1.54) is 4.31 Å². The zero-order chi connectivity index (χ0) is 21.1. The van der Waals surface area contributed by atoms with Crippen molar-refractivity contribution in [3.05, 3.63) is 24.7 Å². The number of nitrogens with zero attached hydrogens (tertiary/aromatic N) is 5. The number of aromatic nitrogens is 4. The molecule has 1 N–H and O–H groups in total. The van der Waals surface area contributed by atoms with Gasteiger partial charge in [-0.15, -0.1) is 0 Å². The summed E-state index contributed by atoms with van der Waals surface area (Å²) in [5.41, 5.74) is 2.41. The molecule has 5 rings (SSSR count). The number of nitrogens with one attached hydrogen (secondary N) is 1. The Morgan fingerprint density at radius 3 is 2.73 bits per heavy atom. The molecule has 5 heterocycles. The SMILES string of the molecule is O=S(=O)(CCC(F)(F)F)N1CCCC2C1CCN2c1ncc2cnc3[nH]ccc3n12. The van der Waals surface area contributed by atoms with Gasteiger partial charge in [0.25, 0.3) is 0 Å². The van der Waals surface area contributed by atoms with Gasteiger partial charge in [-0.2, -0.15) is 17.5 Å². The first-order valence-electron chi connectivity index (χ1n) is 9.87. The summed E-state index contributed by atoms with van der Waals surface area (Å²) in [5.74, 6) is -0.194. The fourth-order valence-corrected chi connectivity index (χ4v) is 6.55. The molecule has 0 bridgehead atoms. The van der Waals surface area contributed by atoms with E-state index in [0.29, 0.717) is 25.3 Å². The topological polar surface area (TPSA) is 86.6 Å². The van der Waals surface area contributed by atoms with Crippen LogP contribution in [-0.2, 0) is 10.0 Å². The molecule has 0 saturated carbocycles. The Hall–Kier alpha value is -2.34. The fraction of sp³-hybridized carbons (Fsp3) is 0.556. The van der Waals surface area contributed by atoms with Crippen molar-refractivity contribution in [3.63, 3.8) is 0 Å². The van der Waals surface area contributed by atoms with Crippen LogP contribution in [0.5, 0.6) is 0 Å². The van der Waals surface area contributed by atoms with Gasteiger partial charge >= 0.3 is 6.18 Å². The van der Waals surface area contributed by atoms with Gasteiger partial charge < -0.3 is 9.88 Å². The lowest BCUT2D eigenvalue weighted by molar-refractivity contribution is -0.130. The summed E-state index contributed by atoms with van der Waals surface area (Å²) in [7, 11) is -3.99. The highest BCUT2D eigenvalue weighted by Crippen LogP contribution is 2.36. The molecule has 0 spiro atoms. The average molecular weight is 442 g/mol. The van der Waals surface area contributed by atoms with Crippen LogP contribution in [0.4, 0.5) is 19.1 Å². The lowest BCUT2D eigenvalue weighted by atomic mass is 9.99. The molecule has 12 heteroatoms. The fourth-order valence-electron chi connectivity index (χ4n) is 4.76. The Morgan fingerprint density at radius 2 is 1.93 bits per heavy atom. The number of aromatic amines is 1. The number of hydrogen-bond acceptors (Lipinski definition) is 5. The van der Waals surface area contributed by atoms with E-state index in [1.54, 1.807) is 18.6 Å². The Morgan fingerprint density at radius 1 is 1.13 bits per heavy atom. The molecular weight excluding hydrogens is 421 g/mol. The van der Waals surface area contributed by atoms with Gasteiger partial charge in [-0.25, -0.2) is 18.4 Å². The number of piperidine rings is 1. The number of H-pyrrole nitrogens is 1. The summed E-state index contributed by atoms with van der Waals surface area (Å²) >= 11 is 0. The van der Waals surface area contributed by atoms with E-state index in [-0.39, 0.29) is 18.6 Å². The van der Waals surface area contributed by atoms with Crippen LogP contribution in [-0.4, -0.2) is 69.2 Å². The second-order valence-corrected chi connectivity index (χ2v) is 9.88. The van der Waals surface area contributed by atoms with Crippen LogP contribution in [0.1, 0.15) is 25.7 Å². The van der Waals surface area contributed by atoms with Crippen molar-refractivity contribution in [1.82, 2.24) is 23.7 Å². The Bertz CT molecular complexity index is 1190. The van der Waals surface area contributed by atoms with E-state index in [9.17, 15) is 21.6 Å². The van der Waals surface area contributed by atoms with E-state index in [2.05, 4.69) is 19.9 Å². The zero-order valence-electron chi connectivity index (χ0n) is 16.0. The van der Waals surface area contributed by atoms with Crippen LogP contribution in [0.25, 0.3) is 16.7 Å². The molecular formula is C18H21F3N6O2S. The molecule has 0 radical (unpaired) electrons. The van der Waals surface area contributed by atoms with Gasteiger partial charge in [-0.05, 0) is 25.3 Å². The maximum Gasteiger partial charge on any atom is 0.390 e. The van der Waals surface area contributed by atoms with Gasteiger partial charge in [0, 0.05) is 31.4 Å². The molecule has 2 unspecified atom stereocenters. The molecule has 0 aliphatic carbocycles. The molecule has 2 aliphatic rings.